The Labute approximate surface area is 155 Å². The van der Waals surface area contributed by atoms with Crippen molar-refractivity contribution in [2.24, 2.45) is 5.73 Å². The SMILES string of the molecule is CC(C)(C)OC(=O)NCC(Cc1cccc(N)c1)c1cccc(CN)c1. The molecule has 0 radical (unpaired) electrons. The average molecular weight is 355 g/mol. The van der Waals surface area contributed by atoms with E-state index in [-0.39, 0.29) is 5.92 Å². The fraction of sp³-hybridized carbons (Fsp3) is 0.381. The van der Waals surface area contributed by atoms with E-state index in [4.69, 9.17) is 16.2 Å². The Hall–Kier alpha value is -2.53. The van der Waals surface area contributed by atoms with Crippen LogP contribution in [0.5, 0.6) is 0 Å². The van der Waals surface area contributed by atoms with Gasteiger partial charge in [-0.25, -0.2) is 4.79 Å². The monoisotopic (exact) mass is 355 g/mol. The third-order valence-electron chi connectivity index (χ3n) is 3.98. The van der Waals surface area contributed by atoms with Crippen LogP contribution >= 0.6 is 0 Å². The number of nitrogens with one attached hydrogen (secondary N) is 1. The lowest BCUT2D eigenvalue weighted by Gasteiger charge is -2.23. The Kier molecular flexibility index (Phi) is 6.64. The van der Waals surface area contributed by atoms with Gasteiger partial charge in [-0.3, -0.25) is 0 Å². The van der Waals surface area contributed by atoms with E-state index in [2.05, 4.69) is 17.4 Å². The van der Waals surface area contributed by atoms with Gasteiger partial charge >= 0.3 is 6.09 Å². The topological polar surface area (TPSA) is 90.4 Å². The highest BCUT2D eigenvalue weighted by atomic mass is 16.6. The summed E-state index contributed by atoms with van der Waals surface area (Å²) in [6.45, 7) is 6.50. The van der Waals surface area contributed by atoms with Crippen LogP contribution in [-0.2, 0) is 17.7 Å². The van der Waals surface area contributed by atoms with Crippen molar-refractivity contribution in [3.05, 3.63) is 65.2 Å². The second-order valence-electron chi connectivity index (χ2n) is 7.48. The molecule has 26 heavy (non-hydrogen) atoms. The number of anilines is 1. The van der Waals surface area contributed by atoms with Crippen LogP contribution in [0.2, 0.25) is 0 Å². The highest BCUT2D eigenvalue weighted by molar-refractivity contribution is 5.67. The summed E-state index contributed by atoms with van der Waals surface area (Å²) >= 11 is 0. The fourth-order valence-electron chi connectivity index (χ4n) is 2.81. The summed E-state index contributed by atoms with van der Waals surface area (Å²) in [7, 11) is 0. The zero-order valence-corrected chi connectivity index (χ0v) is 15.8. The van der Waals surface area contributed by atoms with Crippen molar-refractivity contribution in [1.29, 1.82) is 0 Å². The molecule has 0 heterocycles. The van der Waals surface area contributed by atoms with E-state index >= 15 is 0 Å². The van der Waals surface area contributed by atoms with Gasteiger partial charge in [0.1, 0.15) is 5.60 Å². The van der Waals surface area contributed by atoms with Gasteiger partial charge in [-0.15, -0.1) is 0 Å². The number of hydrogen-bond donors (Lipinski definition) is 3. The molecule has 1 atom stereocenters. The maximum atomic E-state index is 12.1. The highest BCUT2D eigenvalue weighted by Gasteiger charge is 2.19. The summed E-state index contributed by atoms with van der Waals surface area (Å²) in [5.41, 5.74) is 15.2. The Balaban J connectivity index is 2.16. The van der Waals surface area contributed by atoms with Crippen molar-refractivity contribution in [3.8, 4) is 0 Å². The van der Waals surface area contributed by atoms with Crippen LogP contribution in [0.15, 0.2) is 48.5 Å². The summed E-state index contributed by atoms with van der Waals surface area (Å²) < 4.78 is 5.35. The van der Waals surface area contributed by atoms with Crippen molar-refractivity contribution >= 4 is 11.8 Å². The zero-order chi connectivity index (χ0) is 19.2. The van der Waals surface area contributed by atoms with Crippen molar-refractivity contribution < 1.29 is 9.53 Å². The standard InChI is InChI=1S/C21H29N3O2/c1-21(2,3)26-20(25)24-14-18(10-15-6-5-9-19(23)12-15)17-8-4-7-16(11-17)13-22/h4-9,11-12,18H,10,13-14,22-23H2,1-3H3,(H,24,25). The third-order valence-corrected chi connectivity index (χ3v) is 3.98. The third kappa shape index (κ3) is 6.41. The number of benzene rings is 2. The lowest BCUT2D eigenvalue weighted by molar-refractivity contribution is 0.0524. The largest absolute Gasteiger partial charge is 0.444 e. The molecule has 140 valence electrons. The van der Waals surface area contributed by atoms with Gasteiger partial charge in [0.2, 0.25) is 0 Å². The second kappa shape index (κ2) is 8.72. The van der Waals surface area contributed by atoms with Crippen molar-refractivity contribution in [2.75, 3.05) is 12.3 Å². The summed E-state index contributed by atoms with van der Waals surface area (Å²) in [6.07, 6.45) is 0.347. The minimum absolute atomic E-state index is 0.0934. The first kappa shape index (κ1) is 19.8. The molecule has 1 unspecified atom stereocenters. The molecule has 5 nitrogen and oxygen atoms in total. The van der Waals surface area contributed by atoms with Crippen molar-refractivity contribution in [1.82, 2.24) is 5.32 Å². The van der Waals surface area contributed by atoms with Crippen LogP contribution in [0.25, 0.3) is 0 Å². The van der Waals surface area contributed by atoms with E-state index in [1.807, 2.05) is 57.2 Å². The molecule has 2 rings (SSSR count). The molecule has 2 aromatic rings. The first-order valence-corrected chi connectivity index (χ1v) is 8.87. The molecular formula is C21H29N3O2. The average Bonchev–Trinajstić information content (AvgIpc) is 2.57. The summed E-state index contributed by atoms with van der Waals surface area (Å²) in [6, 6.07) is 16.0. The van der Waals surface area contributed by atoms with E-state index in [1.54, 1.807) is 0 Å². The van der Waals surface area contributed by atoms with Crippen LogP contribution in [0.3, 0.4) is 0 Å². The van der Waals surface area contributed by atoms with Crippen LogP contribution in [-0.4, -0.2) is 18.2 Å². The zero-order valence-electron chi connectivity index (χ0n) is 15.8. The number of ether oxygens (including phenoxy) is 1. The predicted octanol–water partition coefficient (Wildman–Crippen LogP) is 3.58. The summed E-state index contributed by atoms with van der Waals surface area (Å²) in [5.74, 6) is 0.0934. The van der Waals surface area contributed by atoms with Gasteiger partial charge in [0.15, 0.2) is 0 Å². The molecule has 2 aromatic carbocycles. The van der Waals surface area contributed by atoms with E-state index < -0.39 is 11.7 Å². The fourth-order valence-corrected chi connectivity index (χ4v) is 2.81. The van der Waals surface area contributed by atoms with Crippen molar-refractivity contribution in [3.63, 3.8) is 0 Å². The quantitative estimate of drug-likeness (QED) is 0.691. The van der Waals surface area contributed by atoms with Crippen LogP contribution < -0.4 is 16.8 Å². The van der Waals surface area contributed by atoms with E-state index in [0.717, 1.165) is 28.8 Å². The number of nitrogens with two attached hydrogens (primary N) is 2. The molecule has 0 aromatic heterocycles. The van der Waals surface area contributed by atoms with Gasteiger partial charge in [0.05, 0.1) is 0 Å². The molecule has 1 amide bonds. The lowest BCUT2D eigenvalue weighted by atomic mass is 9.90. The molecule has 0 aliphatic rings. The number of nitrogen functional groups attached to an aromatic ring is 1. The first-order chi connectivity index (χ1) is 12.3. The number of amides is 1. The summed E-state index contributed by atoms with van der Waals surface area (Å²) in [4.78, 5) is 12.1. The maximum absolute atomic E-state index is 12.1. The predicted molar refractivity (Wildman–Crippen MR) is 106 cm³/mol. The van der Waals surface area contributed by atoms with Crippen LogP contribution in [0.1, 0.15) is 43.4 Å². The molecule has 0 aliphatic carbocycles. The molecule has 0 fully saturated rings. The van der Waals surface area contributed by atoms with Gasteiger partial charge in [-0.1, -0.05) is 36.4 Å². The molecule has 0 spiro atoms. The smallest absolute Gasteiger partial charge is 0.407 e. The van der Waals surface area contributed by atoms with Crippen LogP contribution in [0, 0.1) is 0 Å². The Morgan fingerprint density at radius 1 is 1.12 bits per heavy atom. The minimum Gasteiger partial charge on any atom is -0.444 e. The van der Waals surface area contributed by atoms with Crippen LogP contribution in [0.4, 0.5) is 10.5 Å². The Bertz CT molecular complexity index is 738. The maximum Gasteiger partial charge on any atom is 0.407 e. The first-order valence-electron chi connectivity index (χ1n) is 8.87. The molecular weight excluding hydrogens is 326 g/mol. The normalized spacial score (nSPS) is 12.5. The van der Waals surface area contributed by atoms with Gasteiger partial charge < -0.3 is 21.5 Å². The van der Waals surface area contributed by atoms with E-state index in [1.165, 1.54) is 0 Å². The van der Waals surface area contributed by atoms with E-state index in [9.17, 15) is 4.79 Å². The molecule has 0 aliphatic heterocycles. The number of rotatable bonds is 6. The van der Waals surface area contributed by atoms with Gasteiger partial charge in [-0.2, -0.15) is 0 Å². The Morgan fingerprint density at radius 3 is 2.46 bits per heavy atom. The lowest BCUT2D eigenvalue weighted by Crippen LogP contribution is -2.35. The number of alkyl carbamates (subject to hydrolysis) is 1. The molecule has 5 N–H and O–H groups in total. The molecule has 0 saturated carbocycles. The minimum atomic E-state index is -0.521. The molecule has 0 bridgehead atoms. The van der Waals surface area contributed by atoms with E-state index in [0.29, 0.717) is 13.1 Å². The Morgan fingerprint density at radius 2 is 1.81 bits per heavy atom. The highest BCUT2D eigenvalue weighted by Crippen LogP contribution is 2.23. The summed E-state index contributed by atoms with van der Waals surface area (Å²) in [5, 5.41) is 2.89. The second-order valence-corrected chi connectivity index (χ2v) is 7.48. The number of carbonyl (C=O) groups excluding carboxylic acids is 1. The van der Waals surface area contributed by atoms with Gasteiger partial charge in [0, 0.05) is 24.7 Å². The van der Waals surface area contributed by atoms with Gasteiger partial charge in [-0.05, 0) is 56.0 Å². The number of hydrogen-bond acceptors (Lipinski definition) is 4. The number of carbonyl (C=O) groups is 1. The van der Waals surface area contributed by atoms with Crippen molar-refractivity contribution in [2.45, 2.75) is 45.3 Å². The molecule has 5 heteroatoms. The van der Waals surface area contributed by atoms with Gasteiger partial charge in [0.25, 0.3) is 0 Å². The molecule has 0 saturated heterocycles.